The molecule has 0 bridgehead atoms. The predicted octanol–water partition coefficient (Wildman–Crippen LogP) is 3.96. The van der Waals surface area contributed by atoms with E-state index < -0.39 is 5.92 Å². The minimum atomic E-state index is -0.872. The van der Waals surface area contributed by atoms with Crippen molar-refractivity contribution in [3.63, 3.8) is 0 Å². The standard InChI is InChI=1S/C25H25N3O2/c1-2-17-11-9-10-16-20(17)26-24(29)22-21(18-12-5-3-6-13-18)23(27-28-25(22)30)19-14-7-4-8-15-19/h3-16,21-23,27H,2H2,1H3,(H,26,29)(H,28,30). The van der Waals surface area contributed by atoms with Crippen molar-refractivity contribution in [2.24, 2.45) is 5.92 Å². The van der Waals surface area contributed by atoms with Gasteiger partial charge in [-0.15, -0.1) is 0 Å². The zero-order chi connectivity index (χ0) is 20.9. The number of benzene rings is 3. The van der Waals surface area contributed by atoms with Gasteiger partial charge in [-0.25, -0.2) is 5.43 Å². The maximum atomic E-state index is 13.4. The quantitative estimate of drug-likeness (QED) is 0.569. The van der Waals surface area contributed by atoms with E-state index in [1.807, 2.05) is 91.9 Å². The van der Waals surface area contributed by atoms with E-state index in [-0.39, 0.29) is 23.8 Å². The van der Waals surface area contributed by atoms with Gasteiger partial charge in [-0.2, -0.15) is 0 Å². The predicted molar refractivity (Wildman–Crippen MR) is 118 cm³/mol. The van der Waals surface area contributed by atoms with Gasteiger partial charge in [-0.05, 0) is 29.2 Å². The van der Waals surface area contributed by atoms with Crippen molar-refractivity contribution in [2.45, 2.75) is 25.3 Å². The molecule has 1 heterocycles. The highest BCUT2D eigenvalue weighted by Gasteiger charge is 2.44. The van der Waals surface area contributed by atoms with Crippen LogP contribution in [0.5, 0.6) is 0 Å². The van der Waals surface area contributed by atoms with Crippen molar-refractivity contribution in [1.82, 2.24) is 10.9 Å². The van der Waals surface area contributed by atoms with Crippen LogP contribution in [0.4, 0.5) is 5.69 Å². The van der Waals surface area contributed by atoms with Crippen LogP contribution in [0, 0.1) is 5.92 Å². The minimum absolute atomic E-state index is 0.233. The van der Waals surface area contributed by atoms with E-state index in [4.69, 9.17) is 0 Å². The van der Waals surface area contributed by atoms with Crippen LogP contribution < -0.4 is 16.2 Å². The second-order valence-electron chi connectivity index (χ2n) is 7.44. The summed E-state index contributed by atoms with van der Waals surface area (Å²) >= 11 is 0. The molecule has 1 aliphatic heterocycles. The van der Waals surface area contributed by atoms with Crippen LogP contribution in [0.25, 0.3) is 0 Å². The third kappa shape index (κ3) is 3.98. The zero-order valence-corrected chi connectivity index (χ0v) is 16.8. The van der Waals surface area contributed by atoms with E-state index in [1.54, 1.807) is 0 Å². The summed E-state index contributed by atoms with van der Waals surface area (Å²) in [6, 6.07) is 27.1. The Morgan fingerprint density at radius 3 is 2.13 bits per heavy atom. The fourth-order valence-electron chi connectivity index (χ4n) is 4.13. The second-order valence-corrected chi connectivity index (χ2v) is 7.44. The largest absolute Gasteiger partial charge is 0.325 e. The number of hydrazine groups is 1. The number of hydrogen-bond acceptors (Lipinski definition) is 3. The van der Waals surface area contributed by atoms with Crippen LogP contribution in [0.15, 0.2) is 84.9 Å². The summed E-state index contributed by atoms with van der Waals surface area (Å²) in [7, 11) is 0. The van der Waals surface area contributed by atoms with Crippen LogP contribution in [-0.2, 0) is 16.0 Å². The Balaban J connectivity index is 1.73. The Morgan fingerprint density at radius 2 is 1.47 bits per heavy atom. The third-order valence-electron chi connectivity index (χ3n) is 5.63. The molecular weight excluding hydrogens is 374 g/mol. The molecule has 1 saturated heterocycles. The number of amides is 2. The molecule has 152 valence electrons. The Bertz CT molecular complexity index is 1020. The zero-order valence-electron chi connectivity index (χ0n) is 16.8. The topological polar surface area (TPSA) is 70.2 Å². The molecule has 1 fully saturated rings. The average Bonchev–Trinajstić information content (AvgIpc) is 2.80. The molecule has 1 aliphatic rings. The summed E-state index contributed by atoms with van der Waals surface area (Å²) < 4.78 is 0. The van der Waals surface area contributed by atoms with Gasteiger partial charge in [0.25, 0.3) is 0 Å². The van der Waals surface area contributed by atoms with E-state index >= 15 is 0 Å². The molecule has 3 N–H and O–H groups in total. The molecule has 0 radical (unpaired) electrons. The van der Waals surface area contributed by atoms with Crippen molar-refractivity contribution >= 4 is 17.5 Å². The molecule has 2 amide bonds. The smallest absolute Gasteiger partial charge is 0.247 e. The minimum Gasteiger partial charge on any atom is -0.325 e. The maximum Gasteiger partial charge on any atom is 0.247 e. The van der Waals surface area contributed by atoms with Gasteiger partial charge in [0.1, 0.15) is 5.92 Å². The number of anilines is 1. The lowest BCUT2D eigenvalue weighted by Gasteiger charge is -2.38. The van der Waals surface area contributed by atoms with Gasteiger partial charge >= 0.3 is 0 Å². The molecule has 0 aliphatic carbocycles. The van der Waals surface area contributed by atoms with Crippen LogP contribution in [-0.4, -0.2) is 11.8 Å². The number of carbonyl (C=O) groups excluding carboxylic acids is 2. The lowest BCUT2D eigenvalue weighted by molar-refractivity contribution is -0.137. The summed E-state index contributed by atoms with van der Waals surface area (Å²) in [5.41, 5.74) is 9.59. The fourth-order valence-corrected chi connectivity index (χ4v) is 4.13. The highest BCUT2D eigenvalue weighted by Crippen LogP contribution is 2.39. The average molecular weight is 399 g/mol. The normalized spacial score (nSPS) is 21.0. The number of hydrogen-bond donors (Lipinski definition) is 3. The highest BCUT2D eigenvalue weighted by molar-refractivity contribution is 6.08. The molecule has 5 heteroatoms. The lowest BCUT2D eigenvalue weighted by atomic mass is 9.76. The Morgan fingerprint density at radius 1 is 0.867 bits per heavy atom. The maximum absolute atomic E-state index is 13.4. The van der Waals surface area contributed by atoms with Crippen molar-refractivity contribution < 1.29 is 9.59 Å². The first-order valence-electron chi connectivity index (χ1n) is 10.2. The molecular formula is C25H25N3O2. The van der Waals surface area contributed by atoms with Crippen molar-refractivity contribution in [3.05, 3.63) is 102 Å². The SMILES string of the molecule is CCc1ccccc1NC(=O)C1C(=O)NNC(c2ccccc2)C1c1ccccc1. The number of rotatable bonds is 5. The monoisotopic (exact) mass is 399 g/mol. The number of aryl methyl sites for hydroxylation is 1. The van der Waals surface area contributed by atoms with Gasteiger partial charge in [0.15, 0.2) is 0 Å². The van der Waals surface area contributed by atoms with Crippen LogP contribution in [0.1, 0.15) is 35.6 Å². The molecule has 3 aromatic rings. The first kappa shape index (κ1) is 19.9. The van der Waals surface area contributed by atoms with Crippen molar-refractivity contribution in [3.8, 4) is 0 Å². The first-order chi connectivity index (χ1) is 14.7. The molecule has 0 aromatic heterocycles. The summed E-state index contributed by atoms with van der Waals surface area (Å²) in [5, 5.41) is 3.01. The van der Waals surface area contributed by atoms with Crippen molar-refractivity contribution in [1.29, 1.82) is 0 Å². The number of nitrogens with one attached hydrogen (secondary N) is 3. The molecule has 3 atom stereocenters. The van der Waals surface area contributed by atoms with Gasteiger partial charge in [0.2, 0.25) is 11.8 Å². The van der Waals surface area contributed by atoms with Crippen LogP contribution >= 0.6 is 0 Å². The molecule has 3 aromatic carbocycles. The third-order valence-corrected chi connectivity index (χ3v) is 5.63. The second kappa shape index (κ2) is 8.93. The van der Waals surface area contributed by atoms with E-state index in [9.17, 15) is 9.59 Å². The van der Waals surface area contributed by atoms with E-state index in [0.29, 0.717) is 0 Å². The van der Waals surface area contributed by atoms with Gasteiger partial charge in [-0.3, -0.25) is 15.0 Å². The summed E-state index contributed by atoms with van der Waals surface area (Å²) in [4.78, 5) is 26.3. The van der Waals surface area contributed by atoms with Gasteiger partial charge in [-0.1, -0.05) is 85.8 Å². The number of carbonyl (C=O) groups is 2. The summed E-state index contributed by atoms with van der Waals surface area (Å²) in [6.07, 6.45) is 0.795. The van der Waals surface area contributed by atoms with Gasteiger partial charge in [0, 0.05) is 11.6 Å². The lowest BCUT2D eigenvalue weighted by Crippen LogP contribution is -2.56. The van der Waals surface area contributed by atoms with E-state index in [2.05, 4.69) is 16.2 Å². The van der Waals surface area contributed by atoms with Crippen LogP contribution in [0.2, 0.25) is 0 Å². The molecule has 30 heavy (non-hydrogen) atoms. The molecule has 5 nitrogen and oxygen atoms in total. The highest BCUT2D eigenvalue weighted by atomic mass is 16.2. The van der Waals surface area contributed by atoms with Crippen molar-refractivity contribution in [2.75, 3.05) is 5.32 Å². The fraction of sp³-hybridized carbons (Fsp3) is 0.200. The molecule has 0 spiro atoms. The molecule has 0 saturated carbocycles. The first-order valence-corrected chi connectivity index (χ1v) is 10.2. The Kier molecular flexibility index (Phi) is 5.91. The van der Waals surface area contributed by atoms with Gasteiger partial charge in [0.05, 0.1) is 6.04 Å². The molecule has 4 rings (SSSR count). The summed E-state index contributed by atoms with van der Waals surface area (Å²) in [6.45, 7) is 2.04. The number of para-hydroxylation sites is 1. The Labute approximate surface area is 176 Å². The van der Waals surface area contributed by atoms with Gasteiger partial charge < -0.3 is 5.32 Å². The summed E-state index contributed by atoms with van der Waals surface area (Å²) in [5.74, 6) is -1.85. The van der Waals surface area contributed by atoms with E-state index in [1.165, 1.54) is 0 Å². The van der Waals surface area contributed by atoms with Crippen LogP contribution in [0.3, 0.4) is 0 Å². The Hall–Kier alpha value is -3.44. The molecule has 3 unspecified atom stereocenters. The van der Waals surface area contributed by atoms with E-state index in [0.717, 1.165) is 28.8 Å².